The third-order valence-corrected chi connectivity index (χ3v) is 6.15. The molecule has 2 atom stereocenters. The number of hydrogen-bond acceptors (Lipinski definition) is 4. The molecule has 1 aliphatic rings. The number of carbonyl (C=O) groups excluding carboxylic acids is 1. The first-order chi connectivity index (χ1) is 13.0. The van der Waals surface area contributed by atoms with Crippen molar-refractivity contribution in [2.45, 2.75) is 51.4 Å². The fourth-order valence-corrected chi connectivity index (χ4v) is 4.57. The van der Waals surface area contributed by atoms with Crippen LogP contribution in [0, 0.1) is 5.92 Å². The smallest absolute Gasteiger partial charge is 0.217 e. The lowest BCUT2D eigenvalue weighted by molar-refractivity contribution is -0.118. The third-order valence-electron chi connectivity index (χ3n) is 4.83. The molecule has 1 aromatic heterocycles. The zero-order valence-corrected chi connectivity index (χ0v) is 17.4. The van der Waals surface area contributed by atoms with E-state index < -0.39 is 0 Å². The van der Waals surface area contributed by atoms with E-state index in [1.165, 1.54) is 11.3 Å². The highest BCUT2D eigenvalue weighted by Crippen LogP contribution is 2.35. The number of thioether (sulfide) groups is 1. The number of amides is 1. The van der Waals surface area contributed by atoms with Crippen LogP contribution >= 0.6 is 23.4 Å². The number of nitrogens with zero attached hydrogens (tertiary/aromatic N) is 2. The lowest BCUT2D eigenvalue weighted by Crippen LogP contribution is -2.27. The number of aromatic amines is 1. The highest BCUT2D eigenvalue weighted by molar-refractivity contribution is 8.02. The Labute approximate surface area is 169 Å². The van der Waals surface area contributed by atoms with Crippen molar-refractivity contribution >= 4 is 40.3 Å². The lowest BCUT2D eigenvalue weighted by atomic mass is 10.0. The Morgan fingerprint density at radius 1 is 1.48 bits per heavy atom. The largest absolute Gasteiger partial charge is 0.370 e. The number of halogens is 1. The zero-order chi connectivity index (χ0) is 19.4. The first-order valence-corrected chi connectivity index (χ1v) is 10.9. The summed E-state index contributed by atoms with van der Waals surface area (Å²) in [6, 6.07) is 6.38. The Balaban J connectivity index is 1.70. The molecule has 1 amide bonds. The van der Waals surface area contributed by atoms with Crippen LogP contribution < -0.4 is 5.73 Å². The highest BCUT2D eigenvalue weighted by atomic mass is 35.5. The minimum atomic E-state index is -0.240. The van der Waals surface area contributed by atoms with Gasteiger partial charge in [0.15, 0.2) is 0 Å². The van der Waals surface area contributed by atoms with Crippen LogP contribution in [0.3, 0.4) is 0 Å². The molecule has 146 valence electrons. The molecular weight excluding hydrogens is 380 g/mol. The Hall–Kier alpha value is -1.66. The standard InChI is InChI=1S/C20H27ClN4OS/c1-13(9-19(22)26)8-16-12-27-14(2)25(16)11-20-23-17-6-5-15(4-3-7-21)10-18(17)24-20/h5-6,10,12-14H,3-4,7-9,11H2,1-2H3,(H2,22,26)(H,23,24). The van der Waals surface area contributed by atoms with Gasteiger partial charge in [-0.05, 0) is 55.2 Å². The predicted octanol–water partition coefficient (Wildman–Crippen LogP) is 4.37. The molecule has 1 aromatic carbocycles. The van der Waals surface area contributed by atoms with E-state index in [-0.39, 0.29) is 11.8 Å². The average molecular weight is 407 g/mol. The molecule has 2 unspecified atom stereocenters. The molecular formula is C20H27ClN4OS. The topological polar surface area (TPSA) is 75.0 Å². The van der Waals surface area contributed by atoms with Gasteiger partial charge in [0, 0.05) is 18.0 Å². The van der Waals surface area contributed by atoms with Crippen LogP contribution in [-0.2, 0) is 17.8 Å². The summed E-state index contributed by atoms with van der Waals surface area (Å²) in [6.45, 7) is 5.00. The van der Waals surface area contributed by atoms with Gasteiger partial charge < -0.3 is 15.6 Å². The lowest BCUT2D eigenvalue weighted by Gasteiger charge is -2.27. The molecule has 27 heavy (non-hydrogen) atoms. The number of carbonyl (C=O) groups is 1. The molecule has 0 aliphatic carbocycles. The number of aryl methyl sites for hydroxylation is 1. The molecule has 2 aromatic rings. The number of alkyl halides is 1. The van der Waals surface area contributed by atoms with Gasteiger partial charge in [-0.2, -0.15) is 0 Å². The van der Waals surface area contributed by atoms with Gasteiger partial charge in [-0.25, -0.2) is 4.98 Å². The SMILES string of the molecule is CC(CC(N)=O)CC1=CSC(C)N1Cc1nc2ccc(CCCCl)cc2[nH]1. The van der Waals surface area contributed by atoms with Gasteiger partial charge in [0.1, 0.15) is 5.82 Å². The van der Waals surface area contributed by atoms with Crippen molar-refractivity contribution in [1.29, 1.82) is 0 Å². The molecule has 0 saturated carbocycles. The van der Waals surface area contributed by atoms with Gasteiger partial charge in [0.05, 0.1) is 23.0 Å². The van der Waals surface area contributed by atoms with Gasteiger partial charge in [0.25, 0.3) is 0 Å². The number of nitrogens with one attached hydrogen (secondary N) is 1. The maximum absolute atomic E-state index is 11.2. The van der Waals surface area contributed by atoms with E-state index in [0.29, 0.717) is 17.7 Å². The van der Waals surface area contributed by atoms with E-state index in [1.807, 2.05) is 0 Å². The monoisotopic (exact) mass is 406 g/mol. The number of hydrogen-bond donors (Lipinski definition) is 2. The van der Waals surface area contributed by atoms with Crippen LogP contribution in [-0.4, -0.2) is 32.0 Å². The molecule has 3 rings (SSSR count). The van der Waals surface area contributed by atoms with Gasteiger partial charge in [-0.3, -0.25) is 4.79 Å². The maximum Gasteiger partial charge on any atom is 0.217 e. The summed E-state index contributed by atoms with van der Waals surface area (Å²) in [6.07, 6.45) is 3.23. The molecule has 3 N–H and O–H groups in total. The first kappa shape index (κ1) is 20.1. The number of benzene rings is 1. The van der Waals surface area contributed by atoms with Gasteiger partial charge in [-0.1, -0.05) is 13.0 Å². The number of fused-ring (bicyclic) bond motifs is 1. The number of rotatable bonds is 9. The van der Waals surface area contributed by atoms with Crippen molar-refractivity contribution < 1.29 is 4.79 Å². The van der Waals surface area contributed by atoms with Crippen LogP contribution in [0.1, 0.15) is 44.5 Å². The number of primary amides is 1. The van der Waals surface area contributed by atoms with Gasteiger partial charge >= 0.3 is 0 Å². The fourth-order valence-electron chi connectivity index (χ4n) is 3.49. The van der Waals surface area contributed by atoms with Crippen molar-refractivity contribution in [3.05, 3.63) is 40.7 Å². The molecule has 5 nitrogen and oxygen atoms in total. The fraction of sp³-hybridized carbons (Fsp3) is 0.500. The van der Waals surface area contributed by atoms with E-state index in [9.17, 15) is 4.79 Å². The normalized spacial score (nSPS) is 18.1. The minimum absolute atomic E-state index is 0.238. The summed E-state index contributed by atoms with van der Waals surface area (Å²) in [5.41, 5.74) is 9.94. The second-order valence-corrected chi connectivity index (χ2v) is 8.85. The van der Waals surface area contributed by atoms with Crippen LogP contribution in [0.5, 0.6) is 0 Å². The Kier molecular flexibility index (Phi) is 6.71. The van der Waals surface area contributed by atoms with Crippen LogP contribution in [0.25, 0.3) is 11.0 Å². The molecule has 0 radical (unpaired) electrons. The van der Waals surface area contributed by atoms with Crippen LogP contribution in [0.15, 0.2) is 29.3 Å². The predicted molar refractivity (Wildman–Crippen MR) is 113 cm³/mol. The minimum Gasteiger partial charge on any atom is -0.370 e. The van der Waals surface area contributed by atoms with E-state index in [0.717, 1.165) is 42.7 Å². The molecule has 0 fully saturated rings. The summed E-state index contributed by atoms with van der Waals surface area (Å²) < 4.78 is 0. The summed E-state index contributed by atoms with van der Waals surface area (Å²) in [5, 5.41) is 2.56. The summed E-state index contributed by atoms with van der Waals surface area (Å²) >= 11 is 7.61. The molecule has 0 spiro atoms. The Bertz CT molecular complexity index is 834. The van der Waals surface area contributed by atoms with Crippen molar-refractivity contribution in [3.63, 3.8) is 0 Å². The number of H-pyrrole nitrogens is 1. The zero-order valence-electron chi connectivity index (χ0n) is 15.9. The number of aromatic nitrogens is 2. The van der Waals surface area contributed by atoms with Crippen molar-refractivity contribution in [2.24, 2.45) is 11.7 Å². The molecule has 7 heteroatoms. The Morgan fingerprint density at radius 2 is 2.30 bits per heavy atom. The molecule has 0 saturated heterocycles. The number of allylic oxidation sites excluding steroid dienone is 1. The summed E-state index contributed by atoms with van der Waals surface area (Å²) in [5.74, 6) is 1.64. The van der Waals surface area contributed by atoms with E-state index in [1.54, 1.807) is 11.8 Å². The maximum atomic E-state index is 11.2. The van der Waals surface area contributed by atoms with Crippen molar-refractivity contribution in [2.75, 3.05) is 5.88 Å². The second-order valence-electron chi connectivity index (χ2n) is 7.28. The Morgan fingerprint density at radius 3 is 3.04 bits per heavy atom. The molecule has 1 aliphatic heterocycles. The molecule has 0 bridgehead atoms. The first-order valence-electron chi connectivity index (χ1n) is 9.39. The van der Waals surface area contributed by atoms with Crippen LogP contribution in [0.2, 0.25) is 0 Å². The average Bonchev–Trinajstić information content (AvgIpc) is 3.16. The highest BCUT2D eigenvalue weighted by Gasteiger charge is 2.25. The quantitative estimate of drug-likeness (QED) is 0.606. The van der Waals surface area contributed by atoms with Crippen molar-refractivity contribution in [3.8, 4) is 0 Å². The van der Waals surface area contributed by atoms with Crippen molar-refractivity contribution in [1.82, 2.24) is 14.9 Å². The van der Waals surface area contributed by atoms with E-state index >= 15 is 0 Å². The van der Waals surface area contributed by atoms with E-state index in [4.69, 9.17) is 22.3 Å². The van der Waals surface area contributed by atoms with E-state index in [2.05, 4.69) is 47.3 Å². The van der Waals surface area contributed by atoms with Gasteiger partial charge in [0.2, 0.25) is 5.91 Å². The number of imidazole rings is 1. The second kappa shape index (κ2) is 9.02. The summed E-state index contributed by atoms with van der Waals surface area (Å²) in [4.78, 5) is 21.8. The van der Waals surface area contributed by atoms with Crippen LogP contribution in [0.4, 0.5) is 0 Å². The number of nitrogens with two attached hydrogens (primary N) is 1. The molecule has 2 heterocycles. The third kappa shape index (κ3) is 5.20. The summed E-state index contributed by atoms with van der Waals surface area (Å²) in [7, 11) is 0. The van der Waals surface area contributed by atoms with Gasteiger partial charge in [-0.15, -0.1) is 23.4 Å².